The predicted octanol–water partition coefficient (Wildman–Crippen LogP) is 0.500. The van der Waals surface area contributed by atoms with Crippen LogP contribution in [0.15, 0.2) is 17.6 Å². The first kappa shape index (κ1) is 13.4. The van der Waals surface area contributed by atoms with Gasteiger partial charge < -0.3 is 5.32 Å². The molecule has 2 aromatic rings. The molecule has 2 rings (SSSR count). The Labute approximate surface area is 114 Å². The van der Waals surface area contributed by atoms with Gasteiger partial charge in [-0.15, -0.1) is 11.3 Å². The molecule has 19 heavy (non-hydrogen) atoms. The number of hydrazine groups is 1. The number of rotatable bonds is 5. The fourth-order valence-corrected chi connectivity index (χ4v) is 2.12. The van der Waals surface area contributed by atoms with Crippen LogP contribution in [0.4, 0.5) is 5.95 Å². The zero-order chi connectivity index (χ0) is 13.7. The van der Waals surface area contributed by atoms with Gasteiger partial charge in [-0.3, -0.25) is 10.2 Å². The molecule has 0 fully saturated rings. The van der Waals surface area contributed by atoms with Gasteiger partial charge >= 0.3 is 0 Å². The van der Waals surface area contributed by atoms with Crippen molar-refractivity contribution in [2.24, 2.45) is 5.84 Å². The minimum absolute atomic E-state index is 0.227. The predicted molar refractivity (Wildman–Crippen MR) is 72.7 cm³/mol. The van der Waals surface area contributed by atoms with Crippen LogP contribution >= 0.6 is 11.3 Å². The number of anilines is 1. The largest absolute Gasteiger partial charge is 0.350 e. The lowest BCUT2D eigenvalue weighted by Gasteiger charge is -2.06. The van der Waals surface area contributed by atoms with Crippen molar-refractivity contribution in [3.8, 4) is 0 Å². The minimum atomic E-state index is -0.251. The summed E-state index contributed by atoms with van der Waals surface area (Å²) in [6.45, 7) is 2.29. The Morgan fingerprint density at radius 3 is 3.00 bits per heavy atom. The molecule has 0 unspecified atom stereocenters. The lowest BCUT2D eigenvalue weighted by Crippen LogP contribution is -2.27. The van der Waals surface area contributed by atoms with Crippen molar-refractivity contribution in [1.29, 1.82) is 0 Å². The summed E-state index contributed by atoms with van der Waals surface area (Å²) in [4.78, 5) is 24.1. The third kappa shape index (κ3) is 3.70. The van der Waals surface area contributed by atoms with E-state index in [2.05, 4.69) is 25.7 Å². The molecular weight excluding hydrogens is 264 g/mol. The Kier molecular flexibility index (Phi) is 4.37. The molecule has 1 amide bonds. The average Bonchev–Trinajstić information content (AvgIpc) is 2.91. The van der Waals surface area contributed by atoms with Gasteiger partial charge in [0.05, 0.1) is 5.01 Å². The highest BCUT2D eigenvalue weighted by Gasteiger charge is 2.09. The van der Waals surface area contributed by atoms with Crippen molar-refractivity contribution in [2.75, 3.05) is 12.0 Å². The van der Waals surface area contributed by atoms with Crippen molar-refractivity contribution < 1.29 is 4.79 Å². The lowest BCUT2D eigenvalue weighted by molar-refractivity contribution is 0.0949. The number of hydrogen-bond donors (Lipinski definition) is 3. The Morgan fingerprint density at radius 2 is 2.32 bits per heavy atom. The normalized spacial score (nSPS) is 10.2. The molecule has 0 bridgehead atoms. The first-order chi connectivity index (χ1) is 9.19. The number of nitrogens with two attached hydrogens (primary N) is 1. The van der Waals surface area contributed by atoms with Gasteiger partial charge in [-0.1, -0.05) is 0 Å². The number of hydrogen-bond acceptors (Lipinski definition) is 7. The fourth-order valence-electron chi connectivity index (χ4n) is 1.50. The van der Waals surface area contributed by atoms with Gasteiger partial charge in [0.15, 0.2) is 0 Å². The molecule has 0 radical (unpaired) electrons. The summed E-state index contributed by atoms with van der Waals surface area (Å²) in [6, 6.07) is 1.61. The van der Waals surface area contributed by atoms with Crippen LogP contribution in [0.25, 0.3) is 0 Å². The number of amides is 1. The Bertz CT molecular complexity index is 556. The molecule has 2 heterocycles. The first-order valence-corrected chi connectivity index (χ1v) is 6.56. The van der Waals surface area contributed by atoms with Crippen LogP contribution in [0.1, 0.15) is 21.2 Å². The quantitative estimate of drug-likeness (QED) is 0.543. The van der Waals surface area contributed by atoms with E-state index >= 15 is 0 Å². The van der Waals surface area contributed by atoms with Crippen LogP contribution in [-0.2, 0) is 6.42 Å². The van der Waals surface area contributed by atoms with Crippen LogP contribution in [0.5, 0.6) is 0 Å². The summed E-state index contributed by atoms with van der Waals surface area (Å²) in [7, 11) is 0. The summed E-state index contributed by atoms with van der Waals surface area (Å²) in [6.07, 6.45) is 2.45. The Balaban J connectivity index is 1.94. The number of thiazole rings is 1. The van der Waals surface area contributed by atoms with Crippen LogP contribution < -0.4 is 16.6 Å². The summed E-state index contributed by atoms with van der Waals surface area (Å²) < 4.78 is 0. The van der Waals surface area contributed by atoms with Crippen molar-refractivity contribution >= 4 is 23.2 Å². The van der Waals surface area contributed by atoms with Crippen molar-refractivity contribution in [3.05, 3.63) is 34.0 Å². The number of carbonyl (C=O) groups is 1. The smallest absolute Gasteiger partial charge is 0.270 e. The molecule has 0 saturated carbocycles. The highest BCUT2D eigenvalue weighted by Crippen LogP contribution is 2.05. The molecule has 8 heteroatoms. The summed E-state index contributed by atoms with van der Waals surface area (Å²) in [5.41, 5.74) is 3.30. The molecule has 0 aliphatic rings. The number of aromatic nitrogens is 3. The third-order valence-corrected chi connectivity index (χ3v) is 3.16. The molecule has 0 aromatic carbocycles. The molecule has 2 aromatic heterocycles. The van der Waals surface area contributed by atoms with Gasteiger partial charge in [-0.05, 0) is 13.0 Å². The highest BCUT2D eigenvalue weighted by molar-refractivity contribution is 7.09. The van der Waals surface area contributed by atoms with Crippen LogP contribution in [0.3, 0.4) is 0 Å². The summed E-state index contributed by atoms with van der Waals surface area (Å²) >= 11 is 1.56. The Hall–Kier alpha value is -2.06. The van der Waals surface area contributed by atoms with Gasteiger partial charge in [0.25, 0.3) is 5.91 Å². The molecule has 100 valence electrons. The van der Waals surface area contributed by atoms with E-state index in [1.807, 2.05) is 5.38 Å². The van der Waals surface area contributed by atoms with Gasteiger partial charge in [-0.2, -0.15) is 0 Å². The number of nitrogen functional groups attached to an aromatic ring is 1. The van der Waals surface area contributed by atoms with E-state index in [4.69, 9.17) is 5.84 Å². The maximum Gasteiger partial charge on any atom is 0.270 e. The van der Waals surface area contributed by atoms with Gasteiger partial charge in [0.1, 0.15) is 5.69 Å². The van der Waals surface area contributed by atoms with E-state index < -0.39 is 0 Å². The maximum atomic E-state index is 11.9. The van der Waals surface area contributed by atoms with Crippen LogP contribution in [-0.4, -0.2) is 27.4 Å². The fraction of sp³-hybridized carbons (Fsp3) is 0.273. The number of nitrogens with zero attached hydrogens (tertiary/aromatic N) is 3. The van der Waals surface area contributed by atoms with E-state index in [1.54, 1.807) is 30.5 Å². The number of aryl methyl sites for hydroxylation is 1. The van der Waals surface area contributed by atoms with Gasteiger partial charge in [0, 0.05) is 30.2 Å². The molecule has 0 saturated heterocycles. The molecule has 7 nitrogen and oxygen atoms in total. The molecule has 0 atom stereocenters. The third-order valence-electron chi connectivity index (χ3n) is 2.32. The standard InChI is InChI=1S/C11H14N6OS/c1-7-6-8(16-11(15-7)17-12)10(18)14-3-2-9-13-4-5-19-9/h4-6H,2-3,12H2,1H3,(H,14,18)(H,15,16,17). The minimum Gasteiger partial charge on any atom is -0.350 e. The SMILES string of the molecule is Cc1cc(C(=O)NCCc2nccs2)nc(NN)n1. The molecule has 4 N–H and O–H groups in total. The average molecular weight is 278 g/mol. The molecule has 0 aliphatic carbocycles. The van der Waals surface area contributed by atoms with Gasteiger partial charge in [-0.25, -0.2) is 20.8 Å². The Morgan fingerprint density at radius 1 is 1.47 bits per heavy atom. The molecular formula is C11H14N6OS. The number of carbonyl (C=O) groups excluding carboxylic acids is 1. The van der Waals surface area contributed by atoms with Crippen molar-refractivity contribution in [2.45, 2.75) is 13.3 Å². The zero-order valence-corrected chi connectivity index (χ0v) is 11.2. The zero-order valence-electron chi connectivity index (χ0n) is 10.4. The van der Waals surface area contributed by atoms with E-state index in [-0.39, 0.29) is 11.9 Å². The lowest BCUT2D eigenvalue weighted by atomic mass is 10.3. The molecule has 0 aliphatic heterocycles. The van der Waals surface area contributed by atoms with Crippen LogP contribution in [0, 0.1) is 6.92 Å². The van der Waals surface area contributed by atoms with Crippen molar-refractivity contribution in [3.63, 3.8) is 0 Å². The second kappa shape index (κ2) is 6.21. The monoisotopic (exact) mass is 278 g/mol. The summed E-state index contributed by atoms with van der Waals surface area (Å²) in [5.74, 6) is 5.21. The van der Waals surface area contributed by atoms with E-state index in [0.29, 0.717) is 24.4 Å². The van der Waals surface area contributed by atoms with Gasteiger partial charge in [0.2, 0.25) is 5.95 Å². The van der Waals surface area contributed by atoms with E-state index in [9.17, 15) is 4.79 Å². The van der Waals surface area contributed by atoms with Crippen LogP contribution in [0.2, 0.25) is 0 Å². The molecule has 0 spiro atoms. The topological polar surface area (TPSA) is 106 Å². The highest BCUT2D eigenvalue weighted by atomic mass is 32.1. The second-order valence-corrected chi connectivity index (χ2v) is 4.77. The summed E-state index contributed by atoms with van der Waals surface area (Å²) in [5, 5.41) is 5.68. The first-order valence-electron chi connectivity index (χ1n) is 5.68. The second-order valence-electron chi connectivity index (χ2n) is 3.79. The van der Waals surface area contributed by atoms with Crippen molar-refractivity contribution in [1.82, 2.24) is 20.3 Å². The number of nitrogens with one attached hydrogen (secondary N) is 2. The van der Waals surface area contributed by atoms with E-state index in [0.717, 1.165) is 5.01 Å². The maximum absolute atomic E-state index is 11.9. The van der Waals surface area contributed by atoms with E-state index in [1.165, 1.54) is 0 Å².